The molecule has 6 nitrogen and oxygen atoms in total. The van der Waals surface area contributed by atoms with E-state index in [1.54, 1.807) is 0 Å². The Bertz CT molecular complexity index is 1210. The standard InChI is InChI=1S/C66H122O6/c1-4-7-10-13-16-18-20-22-24-26-27-28-29-30-31-32-33-34-35-36-37-38-39-41-42-44-46-48-50-53-56-59-65(68)71-62-63(61-70-64(67)58-55-52-15-12-9-6-3)72-66(69)60-57-54-51-49-47-45-43-40-25-23-21-19-17-14-11-8-5-2/h17,19,23,25-27,63H,4-16,18,20-22,24,28-62H2,1-3H3/b19-17-,25-23-,27-26-. The van der Waals surface area contributed by atoms with E-state index in [0.29, 0.717) is 19.3 Å². The average molecular weight is 1010 g/mol. The maximum absolute atomic E-state index is 12.8. The van der Waals surface area contributed by atoms with E-state index in [9.17, 15) is 14.4 Å². The predicted molar refractivity (Wildman–Crippen MR) is 312 cm³/mol. The number of esters is 3. The van der Waals surface area contributed by atoms with Crippen LogP contribution in [0, 0.1) is 0 Å². The predicted octanol–water partition coefficient (Wildman–Crippen LogP) is 21.6. The molecule has 0 aromatic heterocycles. The van der Waals surface area contributed by atoms with Crippen molar-refractivity contribution < 1.29 is 28.6 Å². The molecule has 0 saturated carbocycles. The molecule has 0 spiro atoms. The lowest BCUT2D eigenvalue weighted by Gasteiger charge is -2.18. The van der Waals surface area contributed by atoms with Gasteiger partial charge < -0.3 is 14.2 Å². The first-order chi connectivity index (χ1) is 35.5. The molecule has 1 atom stereocenters. The van der Waals surface area contributed by atoms with Crippen LogP contribution in [0.25, 0.3) is 0 Å². The minimum atomic E-state index is -0.771. The number of hydrogen-bond donors (Lipinski definition) is 0. The van der Waals surface area contributed by atoms with Crippen LogP contribution in [-0.2, 0) is 28.6 Å². The Morgan fingerprint density at radius 1 is 0.278 bits per heavy atom. The van der Waals surface area contributed by atoms with Crippen molar-refractivity contribution in [1.29, 1.82) is 0 Å². The van der Waals surface area contributed by atoms with Gasteiger partial charge in [-0.05, 0) is 77.0 Å². The van der Waals surface area contributed by atoms with Gasteiger partial charge in [-0.1, -0.05) is 288 Å². The molecule has 0 radical (unpaired) electrons. The second kappa shape index (κ2) is 61.2. The van der Waals surface area contributed by atoms with Gasteiger partial charge in [0.2, 0.25) is 0 Å². The van der Waals surface area contributed by atoms with Crippen molar-refractivity contribution in [2.24, 2.45) is 0 Å². The molecule has 0 aliphatic rings. The van der Waals surface area contributed by atoms with Gasteiger partial charge in [-0.25, -0.2) is 0 Å². The van der Waals surface area contributed by atoms with E-state index in [2.05, 4.69) is 57.2 Å². The molecule has 0 saturated heterocycles. The Labute approximate surface area is 448 Å². The van der Waals surface area contributed by atoms with Crippen molar-refractivity contribution in [3.05, 3.63) is 36.5 Å². The summed E-state index contributed by atoms with van der Waals surface area (Å²) in [6, 6.07) is 0. The van der Waals surface area contributed by atoms with E-state index in [1.807, 2.05) is 0 Å². The van der Waals surface area contributed by atoms with Gasteiger partial charge in [-0.3, -0.25) is 14.4 Å². The van der Waals surface area contributed by atoms with Crippen LogP contribution in [0.15, 0.2) is 36.5 Å². The minimum absolute atomic E-state index is 0.0716. The molecule has 0 N–H and O–H groups in total. The molecule has 422 valence electrons. The van der Waals surface area contributed by atoms with Gasteiger partial charge in [0.05, 0.1) is 0 Å². The zero-order valence-electron chi connectivity index (χ0n) is 48.5. The third-order valence-electron chi connectivity index (χ3n) is 14.4. The van der Waals surface area contributed by atoms with Crippen LogP contribution in [0.3, 0.4) is 0 Å². The summed E-state index contributed by atoms with van der Waals surface area (Å²) in [7, 11) is 0. The summed E-state index contributed by atoms with van der Waals surface area (Å²) in [6.45, 7) is 6.59. The van der Waals surface area contributed by atoms with E-state index < -0.39 is 6.10 Å². The van der Waals surface area contributed by atoms with Crippen molar-refractivity contribution in [3.63, 3.8) is 0 Å². The van der Waals surface area contributed by atoms with Crippen molar-refractivity contribution in [2.75, 3.05) is 13.2 Å². The average Bonchev–Trinajstić information content (AvgIpc) is 3.38. The van der Waals surface area contributed by atoms with Crippen molar-refractivity contribution in [2.45, 2.75) is 354 Å². The molecule has 1 unspecified atom stereocenters. The molecule has 0 fully saturated rings. The maximum atomic E-state index is 12.8. The summed E-state index contributed by atoms with van der Waals surface area (Å²) < 4.78 is 16.8. The Kier molecular flexibility index (Phi) is 59.2. The Morgan fingerprint density at radius 2 is 0.500 bits per heavy atom. The molecule has 0 heterocycles. The SMILES string of the molecule is CCCCC/C=C\C/C=C\CCCCCCCCCC(=O)OC(COC(=O)CCCCCCCC)COC(=O)CCCCCCCCCCCCCCCCCCCCC/C=C\CCCCCCCCCC. The quantitative estimate of drug-likeness (QED) is 0.0261. The number of carbonyl (C=O) groups is 3. The van der Waals surface area contributed by atoms with Crippen LogP contribution >= 0.6 is 0 Å². The molecular weight excluding hydrogens is 889 g/mol. The lowest BCUT2D eigenvalue weighted by atomic mass is 10.0. The first-order valence-corrected chi connectivity index (χ1v) is 32.0. The fraction of sp³-hybridized carbons (Fsp3) is 0.864. The zero-order valence-corrected chi connectivity index (χ0v) is 48.5. The topological polar surface area (TPSA) is 78.9 Å². The van der Waals surface area contributed by atoms with Gasteiger partial charge in [0.15, 0.2) is 6.10 Å². The van der Waals surface area contributed by atoms with Gasteiger partial charge in [0.1, 0.15) is 13.2 Å². The molecule has 0 amide bonds. The Morgan fingerprint density at radius 3 is 0.806 bits per heavy atom. The molecule has 6 heteroatoms. The summed E-state index contributed by atoms with van der Waals surface area (Å²) in [5.74, 6) is -0.871. The number of hydrogen-bond acceptors (Lipinski definition) is 6. The van der Waals surface area contributed by atoms with Gasteiger partial charge in [0, 0.05) is 19.3 Å². The zero-order chi connectivity index (χ0) is 52.2. The fourth-order valence-electron chi connectivity index (χ4n) is 9.53. The molecule has 72 heavy (non-hydrogen) atoms. The first kappa shape index (κ1) is 69.6. The van der Waals surface area contributed by atoms with Crippen molar-refractivity contribution in [3.8, 4) is 0 Å². The molecule has 0 bridgehead atoms. The normalized spacial score (nSPS) is 12.2. The summed E-state index contributed by atoms with van der Waals surface area (Å²) in [6.07, 6.45) is 74.9. The van der Waals surface area contributed by atoms with E-state index in [-0.39, 0.29) is 31.1 Å². The monoisotopic (exact) mass is 1010 g/mol. The summed E-state index contributed by atoms with van der Waals surface area (Å²) in [5.41, 5.74) is 0. The minimum Gasteiger partial charge on any atom is -0.462 e. The van der Waals surface area contributed by atoms with Crippen LogP contribution in [0.5, 0.6) is 0 Å². The van der Waals surface area contributed by atoms with E-state index in [1.165, 1.54) is 238 Å². The van der Waals surface area contributed by atoms with E-state index >= 15 is 0 Å². The van der Waals surface area contributed by atoms with E-state index in [4.69, 9.17) is 14.2 Å². The van der Waals surface area contributed by atoms with Crippen LogP contribution in [-0.4, -0.2) is 37.2 Å². The van der Waals surface area contributed by atoms with Gasteiger partial charge in [0.25, 0.3) is 0 Å². The molecular formula is C66H122O6. The molecule has 0 aromatic carbocycles. The molecule has 0 aliphatic carbocycles. The fourth-order valence-corrected chi connectivity index (χ4v) is 9.53. The Hall–Kier alpha value is -2.37. The highest BCUT2D eigenvalue weighted by atomic mass is 16.6. The summed E-state index contributed by atoms with van der Waals surface area (Å²) in [4.78, 5) is 37.9. The highest BCUT2D eigenvalue weighted by Crippen LogP contribution is 2.17. The van der Waals surface area contributed by atoms with Gasteiger partial charge in [-0.15, -0.1) is 0 Å². The Balaban J connectivity index is 3.96. The molecule has 0 aromatic rings. The lowest BCUT2D eigenvalue weighted by Crippen LogP contribution is -2.30. The maximum Gasteiger partial charge on any atom is 0.306 e. The summed E-state index contributed by atoms with van der Waals surface area (Å²) >= 11 is 0. The lowest BCUT2D eigenvalue weighted by molar-refractivity contribution is -0.167. The molecule has 0 rings (SSSR count). The summed E-state index contributed by atoms with van der Waals surface area (Å²) in [5, 5.41) is 0. The second-order valence-electron chi connectivity index (χ2n) is 21.7. The van der Waals surface area contributed by atoms with Crippen LogP contribution in [0.2, 0.25) is 0 Å². The molecule has 0 aliphatic heterocycles. The third kappa shape index (κ3) is 58.5. The van der Waals surface area contributed by atoms with Gasteiger partial charge in [-0.2, -0.15) is 0 Å². The number of rotatable bonds is 59. The van der Waals surface area contributed by atoms with E-state index in [0.717, 1.165) is 70.6 Å². The number of unbranched alkanes of at least 4 members (excludes halogenated alkanes) is 42. The van der Waals surface area contributed by atoms with Crippen LogP contribution < -0.4 is 0 Å². The highest BCUT2D eigenvalue weighted by molar-refractivity contribution is 5.71. The first-order valence-electron chi connectivity index (χ1n) is 32.0. The van der Waals surface area contributed by atoms with Crippen molar-refractivity contribution >= 4 is 17.9 Å². The van der Waals surface area contributed by atoms with Crippen LogP contribution in [0.1, 0.15) is 348 Å². The van der Waals surface area contributed by atoms with Crippen molar-refractivity contribution in [1.82, 2.24) is 0 Å². The number of allylic oxidation sites excluding steroid dienone is 6. The van der Waals surface area contributed by atoms with Crippen LogP contribution in [0.4, 0.5) is 0 Å². The van der Waals surface area contributed by atoms with Gasteiger partial charge >= 0.3 is 17.9 Å². The number of carbonyl (C=O) groups excluding carboxylic acids is 3. The highest BCUT2D eigenvalue weighted by Gasteiger charge is 2.19. The smallest absolute Gasteiger partial charge is 0.306 e. The third-order valence-corrected chi connectivity index (χ3v) is 14.4. The second-order valence-corrected chi connectivity index (χ2v) is 21.7. The number of ether oxygens (including phenoxy) is 3. The largest absolute Gasteiger partial charge is 0.462 e.